The third-order valence-electron chi connectivity index (χ3n) is 3.90. The molecule has 114 valence electrons. The maximum absolute atomic E-state index is 11.2. The molecule has 6 heteroatoms. The molecule has 2 aliphatic heterocycles. The van der Waals surface area contributed by atoms with E-state index in [0.29, 0.717) is 24.5 Å². The highest BCUT2D eigenvalue weighted by Gasteiger charge is 2.23. The van der Waals surface area contributed by atoms with Gasteiger partial charge in [-0.2, -0.15) is 0 Å². The molecule has 5 nitrogen and oxygen atoms in total. The van der Waals surface area contributed by atoms with Crippen LogP contribution in [0.5, 0.6) is 11.5 Å². The molecule has 0 aliphatic carbocycles. The van der Waals surface area contributed by atoms with Gasteiger partial charge in [-0.1, -0.05) is 15.9 Å². The summed E-state index contributed by atoms with van der Waals surface area (Å²) in [6.45, 7) is 6.24. The van der Waals surface area contributed by atoms with Crippen molar-refractivity contribution in [2.45, 2.75) is 6.42 Å². The van der Waals surface area contributed by atoms with Crippen molar-refractivity contribution in [3.8, 4) is 11.5 Å². The second-order valence-corrected chi connectivity index (χ2v) is 6.10. The van der Waals surface area contributed by atoms with Crippen molar-refractivity contribution in [3.63, 3.8) is 0 Å². The van der Waals surface area contributed by atoms with Gasteiger partial charge >= 0.3 is 0 Å². The van der Waals surface area contributed by atoms with E-state index in [1.165, 1.54) is 0 Å². The van der Waals surface area contributed by atoms with Gasteiger partial charge in [0.25, 0.3) is 0 Å². The van der Waals surface area contributed by atoms with Gasteiger partial charge in [0.05, 0.1) is 5.56 Å². The van der Waals surface area contributed by atoms with E-state index in [9.17, 15) is 4.79 Å². The van der Waals surface area contributed by atoms with Crippen LogP contribution in [0.15, 0.2) is 10.5 Å². The number of benzene rings is 1. The molecule has 1 aromatic rings. The summed E-state index contributed by atoms with van der Waals surface area (Å²) in [7, 11) is 0. The van der Waals surface area contributed by atoms with Gasteiger partial charge in [-0.05, 0) is 12.5 Å². The third kappa shape index (κ3) is 3.22. The maximum atomic E-state index is 11.2. The largest absolute Gasteiger partial charge is 0.486 e. The molecule has 0 bridgehead atoms. The highest BCUT2D eigenvalue weighted by atomic mass is 79.9. The zero-order valence-corrected chi connectivity index (χ0v) is 13.4. The minimum Gasteiger partial charge on any atom is -0.486 e. The van der Waals surface area contributed by atoms with Gasteiger partial charge in [0.15, 0.2) is 17.8 Å². The second-order valence-electron chi connectivity index (χ2n) is 5.24. The molecule has 1 N–H and O–H groups in total. The van der Waals surface area contributed by atoms with Gasteiger partial charge in [-0.25, -0.2) is 0 Å². The fourth-order valence-electron chi connectivity index (χ4n) is 2.78. The number of hydrogen-bond donors (Lipinski definition) is 1. The van der Waals surface area contributed by atoms with E-state index in [2.05, 4.69) is 26.1 Å². The first kappa shape index (κ1) is 14.8. The lowest BCUT2D eigenvalue weighted by Crippen LogP contribution is -2.44. The Balaban J connectivity index is 1.81. The Morgan fingerprint density at radius 3 is 2.67 bits per heavy atom. The number of carbonyl (C=O) groups is 1. The molecule has 1 saturated heterocycles. The van der Waals surface area contributed by atoms with Crippen molar-refractivity contribution in [2.75, 3.05) is 45.9 Å². The zero-order valence-electron chi connectivity index (χ0n) is 11.9. The van der Waals surface area contributed by atoms with Crippen molar-refractivity contribution in [1.82, 2.24) is 10.2 Å². The number of ether oxygens (including phenoxy) is 2. The fourth-order valence-corrected chi connectivity index (χ4v) is 3.40. The van der Waals surface area contributed by atoms with Crippen molar-refractivity contribution >= 4 is 22.2 Å². The summed E-state index contributed by atoms with van der Waals surface area (Å²) in [5.41, 5.74) is 1.64. The van der Waals surface area contributed by atoms with E-state index in [1.54, 1.807) is 0 Å². The number of carbonyl (C=O) groups excluding carboxylic acids is 1. The SMILES string of the molecule is O=Cc1cc(Br)c(CCN2CCNCC2)c2c1OCCO2. The molecule has 2 heterocycles. The van der Waals surface area contributed by atoms with Crippen molar-refractivity contribution < 1.29 is 14.3 Å². The predicted octanol–water partition coefficient (Wildman–Crippen LogP) is 1.48. The van der Waals surface area contributed by atoms with Crippen LogP contribution in [0.2, 0.25) is 0 Å². The Hall–Kier alpha value is -1.11. The summed E-state index contributed by atoms with van der Waals surface area (Å²) in [5.74, 6) is 1.32. The average Bonchev–Trinajstić information content (AvgIpc) is 2.54. The number of nitrogens with one attached hydrogen (secondary N) is 1. The Labute approximate surface area is 132 Å². The summed E-state index contributed by atoms with van der Waals surface area (Å²) in [4.78, 5) is 13.6. The molecule has 21 heavy (non-hydrogen) atoms. The Kier molecular flexibility index (Phi) is 4.77. The predicted molar refractivity (Wildman–Crippen MR) is 83.5 cm³/mol. The molecular weight excluding hydrogens is 336 g/mol. The molecule has 3 rings (SSSR count). The molecule has 0 atom stereocenters. The molecule has 2 aliphatic rings. The van der Waals surface area contributed by atoms with Crippen LogP contribution in [0, 0.1) is 0 Å². The number of nitrogens with zero attached hydrogens (tertiary/aromatic N) is 1. The topological polar surface area (TPSA) is 50.8 Å². The fraction of sp³-hybridized carbons (Fsp3) is 0.533. The third-order valence-corrected chi connectivity index (χ3v) is 4.61. The second kappa shape index (κ2) is 6.77. The number of halogens is 1. The highest BCUT2D eigenvalue weighted by molar-refractivity contribution is 9.10. The average molecular weight is 355 g/mol. The normalized spacial score (nSPS) is 18.5. The van der Waals surface area contributed by atoms with Crippen LogP contribution in [-0.2, 0) is 6.42 Å². The van der Waals surface area contributed by atoms with Gasteiger partial charge in [0.2, 0.25) is 0 Å². The van der Waals surface area contributed by atoms with Gasteiger partial charge in [0, 0.05) is 42.8 Å². The Bertz CT molecular complexity index is 530. The van der Waals surface area contributed by atoms with Crippen LogP contribution in [0.25, 0.3) is 0 Å². The van der Waals surface area contributed by atoms with Gasteiger partial charge in [-0.3, -0.25) is 4.79 Å². The first-order valence-corrected chi connectivity index (χ1v) is 8.08. The lowest BCUT2D eigenvalue weighted by Gasteiger charge is -2.28. The number of hydrogen-bond acceptors (Lipinski definition) is 5. The number of fused-ring (bicyclic) bond motifs is 1. The molecular formula is C15H19BrN2O3. The molecule has 0 unspecified atom stereocenters. The number of piperazine rings is 1. The van der Waals surface area contributed by atoms with Gasteiger partial charge < -0.3 is 19.7 Å². The standard InChI is InChI=1S/C15H19BrN2O3/c16-13-9-11(10-19)14-15(21-8-7-20-14)12(13)1-4-18-5-2-17-3-6-18/h9-10,17H,1-8H2. The summed E-state index contributed by atoms with van der Waals surface area (Å²) in [6, 6.07) is 1.83. The van der Waals surface area contributed by atoms with E-state index in [0.717, 1.165) is 61.2 Å². The number of rotatable bonds is 4. The van der Waals surface area contributed by atoms with Gasteiger partial charge in [-0.15, -0.1) is 0 Å². The van der Waals surface area contributed by atoms with Crippen molar-refractivity contribution in [1.29, 1.82) is 0 Å². The van der Waals surface area contributed by atoms with Crippen LogP contribution in [0.1, 0.15) is 15.9 Å². The number of aldehydes is 1. The molecule has 1 aromatic carbocycles. The minimum atomic E-state index is 0.493. The van der Waals surface area contributed by atoms with Gasteiger partial charge in [0.1, 0.15) is 13.2 Å². The Morgan fingerprint density at radius 1 is 1.24 bits per heavy atom. The summed E-state index contributed by atoms with van der Waals surface area (Å²) < 4.78 is 12.3. The van der Waals surface area contributed by atoms with Crippen molar-refractivity contribution in [3.05, 3.63) is 21.7 Å². The van der Waals surface area contributed by atoms with Crippen LogP contribution >= 0.6 is 15.9 Å². The van der Waals surface area contributed by atoms with Crippen molar-refractivity contribution in [2.24, 2.45) is 0 Å². The van der Waals surface area contributed by atoms with Crippen LogP contribution in [-0.4, -0.2) is 57.1 Å². The lowest BCUT2D eigenvalue weighted by atomic mass is 10.1. The summed E-state index contributed by atoms with van der Waals surface area (Å²) in [6.07, 6.45) is 1.70. The highest BCUT2D eigenvalue weighted by Crippen LogP contribution is 2.41. The van der Waals surface area contributed by atoms with E-state index in [1.807, 2.05) is 6.07 Å². The lowest BCUT2D eigenvalue weighted by molar-refractivity contribution is 0.111. The summed E-state index contributed by atoms with van der Waals surface area (Å²) >= 11 is 3.57. The van der Waals surface area contributed by atoms with Crippen LogP contribution in [0.4, 0.5) is 0 Å². The quantitative estimate of drug-likeness (QED) is 0.830. The van der Waals surface area contributed by atoms with E-state index in [4.69, 9.17) is 9.47 Å². The first-order chi connectivity index (χ1) is 10.3. The van der Waals surface area contributed by atoms with E-state index in [-0.39, 0.29) is 0 Å². The molecule has 0 amide bonds. The van der Waals surface area contributed by atoms with Crippen LogP contribution < -0.4 is 14.8 Å². The molecule has 0 saturated carbocycles. The summed E-state index contributed by atoms with van der Waals surface area (Å²) in [5, 5.41) is 3.35. The van der Waals surface area contributed by atoms with E-state index < -0.39 is 0 Å². The first-order valence-electron chi connectivity index (χ1n) is 7.29. The maximum Gasteiger partial charge on any atom is 0.172 e. The zero-order chi connectivity index (χ0) is 14.7. The molecule has 0 aromatic heterocycles. The van der Waals surface area contributed by atoms with Crippen LogP contribution in [0.3, 0.4) is 0 Å². The molecule has 0 spiro atoms. The Morgan fingerprint density at radius 2 is 1.95 bits per heavy atom. The minimum absolute atomic E-state index is 0.493. The smallest absolute Gasteiger partial charge is 0.172 e. The monoisotopic (exact) mass is 354 g/mol. The van der Waals surface area contributed by atoms with E-state index >= 15 is 0 Å². The molecule has 1 fully saturated rings. The molecule has 0 radical (unpaired) electrons.